The van der Waals surface area contributed by atoms with Crippen molar-refractivity contribution < 1.29 is 19.5 Å². The molecule has 1 aliphatic carbocycles. The van der Waals surface area contributed by atoms with E-state index in [2.05, 4.69) is 5.32 Å². The van der Waals surface area contributed by atoms with E-state index < -0.39 is 11.2 Å². The minimum atomic E-state index is -0.943. The SMILES string of the molecule is CC(SCC(=O)N(C)CC(=O)NC1CC1)C(=O)O. The third-order valence-corrected chi connectivity index (χ3v) is 3.67. The lowest BCUT2D eigenvalue weighted by molar-refractivity contribution is -0.136. The van der Waals surface area contributed by atoms with E-state index in [9.17, 15) is 14.4 Å². The largest absolute Gasteiger partial charge is 0.480 e. The van der Waals surface area contributed by atoms with Gasteiger partial charge >= 0.3 is 5.97 Å². The zero-order valence-electron chi connectivity index (χ0n) is 10.5. The van der Waals surface area contributed by atoms with Crippen molar-refractivity contribution in [3.05, 3.63) is 0 Å². The Labute approximate surface area is 110 Å². The van der Waals surface area contributed by atoms with Crippen LogP contribution in [0.1, 0.15) is 19.8 Å². The molecule has 0 aromatic rings. The van der Waals surface area contributed by atoms with E-state index in [1.54, 1.807) is 7.05 Å². The van der Waals surface area contributed by atoms with Crippen molar-refractivity contribution in [2.45, 2.75) is 31.1 Å². The Morgan fingerprint density at radius 1 is 1.44 bits per heavy atom. The Balaban J connectivity index is 2.22. The van der Waals surface area contributed by atoms with Crippen LogP contribution in [-0.2, 0) is 14.4 Å². The molecule has 6 nitrogen and oxygen atoms in total. The lowest BCUT2D eigenvalue weighted by Gasteiger charge is -2.17. The van der Waals surface area contributed by atoms with Crippen molar-refractivity contribution in [2.75, 3.05) is 19.3 Å². The summed E-state index contributed by atoms with van der Waals surface area (Å²) in [4.78, 5) is 35.0. The Morgan fingerprint density at radius 3 is 2.56 bits per heavy atom. The van der Waals surface area contributed by atoms with Gasteiger partial charge in [0, 0.05) is 13.1 Å². The van der Waals surface area contributed by atoms with Crippen LogP contribution in [-0.4, -0.2) is 58.4 Å². The van der Waals surface area contributed by atoms with E-state index in [0.717, 1.165) is 24.6 Å². The van der Waals surface area contributed by atoms with Crippen molar-refractivity contribution in [1.82, 2.24) is 10.2 Å². The maximum atomic E-state index is 11.6. The van der Waals surface area contributed by atoms with Crippen LogP contribution in [0.2, 0.25) is 0 Å². The molecular formula is C11H18N2O4S. The number of aliphatic carboxylic acids is 1. The number of carbonyl (C=O) groups is 3. The quantitative estimate of drug-likeness (QED) is 0.678. The van der Waals surface area contributed by atoms with E-state index in [1.807, 2.05) is 0 Å². The van der Waals surface area contributed by atoms with Crippen LogP contribution in [0.3, 0.4) is 0 Å². The molecule has 1 fully saturated rings. The van der Waals surface area contributed by atoms with E-state index in [4.69, 9.17) is 5.11 Å². The molecule has 1 unspecified atom stereocenters. The van der Waals surface area contributed by atoms with E-state index in [1.165, 1.54) is 11.8 Å². The summed E-state index contributed by atoms with van der Waals surface area (Å²) in [5, 5.41) is 10.8. The number of thioether (sulfide) groups is 1. The molecular weight excluding hydrogens is 256 g/mol. The molecule has 0 aromatic heterocycles. The second kappa shape index (κ2) is 6.63. The average Bonchev–Trinajstić information content (AvgIpc) is 3.08. The number of likely N-dealkylation sites (N-methyl/N-ethyl adjacent to an activating group) is 1. The summed E-state index contributed by atoms with van der Waals surface area (Å²) < 4.78 is 0. The molecule has 1 aliphatic rings. The van der Waals surface area contributed by atoms with Gasteiger partial charge in [0.05, 0.1) is 17.5 Å². The molecule has 0 aliphatic heterocycles. The highest BCUT2D eigenvalue weighted by Gasteiger charge is 2.24. The minimum Gasteiger partial charge on any atom is -0.480 e. The maximum Gasteiger partial charge on any atom is 0.316 e. The first-order valence-electron chi connectivity index (χ1n) is 5.78. The van der Waals surface area contributed by atoms with Crippen LogP contribution in [0.15, 0.2) is 0 Å². The first kappa shape index (κ1) is 14.8. The molecule has 1 saturated carbocycles. The summed E-state index contributed by atoms with van der Waals surface area (Å²) in [7, 11) is 1.54. The minimum absolute atomic E-state index is 0.0251. The number of nitrogens with zero attached hydrogens (tertiary/aromatic N) is 1. The van der Waals surface area contributed by atoms with Crippen LogP contribution < -0.4 is 5.32 Å². The summed E-state index contributed by atoms with van der Waals surface area (Å²) in [5.41, 5.74) is 0. The third-order valence-electron chi connectivity index (χ3n) is 2.55. The number of hydrogen-bond donors (Lipinski definition) is 2. The van der Waals surface area contributed by atoms with Crippen molar-refractivity contribution in [3.63, 3.8) is 0 Å². The molecule has 0 radical (unpaired) electrons. The molecule has 18 heavy (non-hydrogen) atoms. The lowest BCUT2D eigenvalue weighted by atomic mass is 10.4. The molecule has 0 saturated heterocycles. The van der Waals surface area contributed by atoms with Gasteiger partial charge < -0.3 is 15.3 Å². The second-order valence-corrected chi connectivity index (χ2v) is 5.71. The Kier molecular flexibility index (Phi) is 5.46. The van der Waals surface area contributed by atoms with Crippen LogP contribution >= 0.6 is 11.8 Å². The van der Waals surface area contributed by atoms with Gasteiger partial charge in [-0.1, -0.05) is 0 Å². The van der Waals surface area contributed by atoms with Gasteiger partial charge in [-0.05, 0) is 19.8 Å². The molecule has 102 valence electrons. The van der Waals surface area contributed by atoms with Gasteiger partial charge in [0.2, 0.25) is 11.8 Å². The third kappa shape index (κ3) is 5.39. The number of nitrogens with one attached hydrogen (secondary N) is 1. The van der Waals surface area contributed by atoms with Gasteiger partial charge in [0.1, 0.15) is 0 Å². The predicted octanol–water partition coefficient (Wildman–Crippen LogP) is -0.0703. The number of carbonyl (C=O) groups excluding carboxylic acids is 2. The average molecular weight is 274 g/mol. The Hall–Kier alpha value is -1.24. The van der Waals surface area contributed by atoms with Gasteiger partial charge in [0.25, 0.3) is 0 Å². The fourth-order valence-electron chi connectivity index (χ4n) is 1.18. The van der Waals surface area contributed by atoms with E-state index >= 15 is 0 Å². The van der Waals surface area contributed by atoms with Crippen molar-refractivity contribution in [2.24, 2.45) is 0 Å². The number of carboxylic acids is 1. The highest BCUT2D eigenvalue weighted by Crippen LogP contribution is 2.18. The standard InChI is InChI=1S/C11H18N2O4S/c1-7(11(16)17)18-6-10(15)13(2)5-9(14)12-8-3-4-8/h7-8H,3-6H2,1-2H3,(H,12,14)(H,16,17). The van der Waals surface area contributed by atoms with Crippen LogP contribution in [0.5, 0.6) is 0 Å². The summed E-state index contributed by atoms with van der Waals surface area (Å²) in [6.45, 7) is 1.55. The van der Waals surface area contributed by atoms with Gasteiger partial charge in [-0.3, -0.25) is 14.4 Å². The number of carboxylic acid groups (broad SMARTS) is 1. The fraction of sp³-hybridized carbons (Fsp3) is 0.727. The van der Waals surface area contributed by atoms with Crippen LogP contribution in [0, 0.1) is 0 Å². The van der Waals surface area contributed by atoms with Crippen molar-refractivity contribution in [1.29, 1.82) is 0 Å². The molecule has 2 amide bonds. The molecule has 7 heteroatoms. The topological polar surface area (TPSA) is 86.7 Å². The number of amides is 2. The molecule has 0 spiro atoms. The number of hydrogen-bond acceptors (Lipinski definition) is 4. The highest BCUT2D eigenvalue weighted by molar-refractivity contribution is 8.01. The zero-order chi connectivity index (χ0) is 13.7. The normalized spacial score (nSPS) is 15.9. The first-order chi connectivity index (χ1) is 8.40. The Bertz CT molecular complexity index is 344. The lowest BCUT2D eigenvalue weighted by Crippen LogP contribution is -2.40. The van der Waals surface area contributed by atoms with Gasteiger partial charge in [-0.15, -0.1) is 11.8 Å². The monoisotopic (exact) mass is 274 g/mol. The van der Waals surface area contributed by atoms with E-state index in [-0.39, 0.29) is 30.2 Å². The van der Waals surface area contributed by atoms with Gasteiger partial charge in [-0.25, -0.2) is 0 Å². The summed E-state index contributed by atoms with van der Waals surface area (Å²) in [6, 6.07) is 0.280. The molecule has 1 rings (SSSR count). The maximum absolute atomic E-state index is 11.6. The Morgan fingerprint density at radius 2 is 2.06 bits per heavy atom. The molecule has 0 bridgehead atoms. The van der Waals surface area contributed by atoms with Crippen molar-refractivity contribution >= 4 is 29.5 Å². The number of rotatable bonds is 7. The molecule has 1 atom stereocenters. The highest BCUT2D eigenvalue weighted by atomic mass is 32.2. The summed E-state index contributed by atoms with van der Waals surface area (Å²) in [5.74, 6) is -1.27. The van der Waals surface area contributed by atoms with Crippen molar-refractivity contribution in [3.8, 4) is 0 Å². The second-order valence-electron chi connectivity index (χ2n) is 4.38. The van der Waals surface area contributed by atoms with E-state index in [0.29, 0.717) is 0 Å². The zero-order valence-corrected chi connectivity index (χ0v) is 11.3. The molecule has 2 N–H and O–H groups in total. The smallest absolute Gasteiger partial charge is 0.316 e. The van der Waals surface area contributed by atoms with Gasteiger partial charge in [0.15, 0.2) is 0 Å². The molecule has 0 aromatic carbocycles. The fourth-order valence-corrected chi connectivity index (χ4v) is 1.94. The summed E-state index contributed by atoms with van der Waals surface area (Å²) >= 11 is 1.05. The van der Waals surface area contributed by atoms with Crippen LogP contribution in [0.4, 0.5) is 0 Å². The van der Waals surface area contributed by atoms with Gasteiger partial charge in [-0.2, -0.15) is 0 Å². The first-order valence-corrected chi connectivity index (χ1v) is 6.82. The van der Waals surface area contributed by atoms with Crippen LogP contribution in [0.25, 0.3) is 0 Å². The molecule has 0 heterocycles. The predicted molar refractivity (Wildman–Crippen MR) is 68.4 cm³/mol. The summed E-state index contributed by atoms with van der Waals surface area (Å²) in [6.07, 6.45) is 2.02.